The molecule has 2 rings (SSSR count). The third-order valence-electron chi connectivity index (χ3n) is 2.95. The molecule has 0 saturated carbocycles. The molecule has 0 spiro atoms. The molecule has 6 heteroatoms. The maximum atomic E-state index is 5.88. The van der Waals surface area contributed by atoms with Gasteiger partial charge in [0.15, 0.2) is 0 Å². The van der Waals surface area contributed by atoms with E-state index in [1.165, 1.54) is 6.33 Å². The van der Waals surface area contributed by atoms with Crippen LogP contribution < -0.4 is 11.1 Å². The Balaban J connectivity index is 2.35. The van der Waals surface area contributed by atoms with Crippen molar-refractivity contribution in [3.63, 3.8) is 0 Å². The van der Waals surface area contributed by atoms with Crippen LogP contribution in [0.4, 0.5) is 5.82 Å². The monoisotopic (exact) mass is 337 g/mol. The van der Waals surface area contributed by atoms with Crippen molar-refractivity contribution in [3.05, 3.63) is 29.7 Å². The summed E-state index contributed by atoms with van der Waals surface area (Å²) in [7, 11) is 0. The van der Waals surface area contributed by atoms with E-state index in [4.69, 9.17) is 5.73 Å². The Morgan fingerprint density at radius 2 is 2.20 bits per heavy atom. The Kier molecular flexibility index (Phi) is 4.15. The summed E-state index contributed by atoms with van der Waals surface area (Å²) in [6.07, 6.45) is 3.40. The van der Waals surface area contributed by atoms with E-state index in [1.54, 1.807) is 0 Å². The second-order valence-electron chi connectivity index (χ2n) is 5.81. The molecular weight excluding hydrogens is 318 g/mol. The summed E-state index contributed by atoms with van der Waals surface area (Å²) < 4.78 is 3.00. The van der Waals surface area contributed by atoms with Crippen LogP contribution in [-0.4, -0.2) is 26.1 Å². The van der Waals surface area contributed by atoms with Gasteiger partial charge in [0.25, 0.3) is 0 Å². The molecule has 0 aliphatic rings. The summed E-state index contributed by atoms with van der Waals surface area (Å²) in [6, 6.07) is 2.08. The summed E-state index contributed by atoms with van der Waals surface area (Å²) in [5.41, 5.74) is 6.72. The van der Waals surface area contributed by atoms with Gasteiger partial charge in [0, 0.05) is 18.1 Å². The van der Waals surface area contributed by atoms with Crippen molar-refractivity contribution >= 4 is 32.8 Å². The lowest BCUT2D eigenvalue weighted by Gasteiger charge is -2.27. The van der Waals surface area contributed by atoms with E-state index in [2.05, 4.69) is 63.1 Å². The van der Waals surface area contributed by atoms with Gasteiger partial charge < -0.3 is 15.6 Å². The van der Waals surface area contributed by atoms with Crippen molar-refractivity contribution in [2.45, 2.75) is 38.9 Å². The summed E-state index contributed by atoms with van der Waals surface area (Å²) in [4.78, 5) is 8.34. The molecule has 108 valence electrons. The van der Waals surface area contributed by atoms with Crippen LogP contribution in [0.3, 0.4) is 0 Å². The van der Waals surface area contributed by atoms with Crippen molar-refractivity contribution in [2.24, 2.45) is 0 Å². The van der Waals surface area contributed by atoms with Gasteiger partial charge in [-0.2, -0.15) is 0 Å². The first-order chi connectivity index (χ1) is 9.31. The second-order valence-corrected chi connectivity index (χ2v) is 6.62. The van der Waals surface area contributed by atoms with Crippen LogP contribution in [0, 0.1) is 0 Å². The number of halogens is 1. The van der Waals surface area contributed by atoms with Crippen LogP contribution in [0.15, 0.2) is 29.7 Å². The molecule has 3 N–H and O–H groups in total. The van der Waals surface area contributed by atoms with Gasteiger partial charge >= 0.3 is 0 Å². The molecule has 0 fully saturated rings. The van der Waals surface area contributed by atoms with Gasteiger partial charge in [-0.25, -0.2) is 9.97 Å². The molecule has 1 atom stereocenters. The molecule has 2 aromatic heterocycles. The number of nitrogens with one attached hydrogen (secondary N) is 1. The molecule has 0 bridgehead atoms. The van der Waals surface area contributed by atoms with Gasteiger partial charge in [0.1, 0.15) is 17.8 Å². The number of nitrogen functional groups attached to an aromatic ring is 1. The van der Waals surface area contributed by atoms with E-state index in [9.17, 15) is 0 Å². The van der Waals surface area contributed by atoms with E-state index >= 15 is 0 Å². The second kappa shape index (κ2) is 5.54. The fourth-order valence-corrected chi connectivity index (χ4v) is 2.70. The van der Waals surface area contributed by atoms with Crippen LogP contribution in [0.1, 0.15) is 20.8 Å². The highest BCUT2D eigenvalue weighted by Gasteiger charge is 2.18. The fraction of sp³-hybridized carbons (Fsp3) is 0.429. The molecule has 5 nitrogen and oxygen atoms in total. The first kappa shape index (κ1) is 15.0. The molecule has 0 unspecified atom stereocenters. The molecule has 20 heavy (non-hydrogen) atoms. The van der Waals surface area contributed by atoms with Crippen molar-refractivity contribution in [1.82, 2.24) is 19.9 Å². The number of hydrogen-bond donors (Lipinski definition) is 2. The van der Waals surface area contributed by atoms with E-state index in [1.807, 2.05) is 12.1 Å². The zero-order valence-corrected chi connectivity index (χ0v) is 13.6. The number of rotatable bonds is 4. The molecule has 0 aliphatic heterocycles. The molecule has 2 aromatic rings. The van der Waals surface area contributed by atoms with Gasteiger partial charge in [-0.1, -0.05) is 6.08 Å². The van der Waals surface area contributed by atoms with Crippen molar-refractivity contribution in [3.8, 4) is 0 Å². The van der Waals surface area contributed by atoms with E-state index in [-0.39, 0.29) is 11.6 Å². The fourth-order valence-electron chi connectivity index (χ4n) is 2.16. The highest BCUT2D eigenvalue weighted by molar-refractivity contribution is 9.10. The van der Waals surface area contributed by atoms with Crippen molar-refractivity contribution in [1.29, 1.82) is 0 Å². The Labute approximate surface area is 127 Å². The van der Waals surface area contributed by atoms with Crippen LogP contribution >= 0.6 is 15.9 Å². The molecule has 0 aromatic carbocycles. The normalized spacial score (nSPS) is 13.6. The average molecular weight is 338 g/mol. The third kappa shape index (κ3) is 3.19. The van der Waals surface area contributed by atoms with E-state index in [0.717, 1.165) is 22.2 Å². The molecule has 0 amide bonds. The number of nitrogens with zero attached hydrogens (tertiary/aromatic N) is 3. The van der Waals surface area contributed by atoms with Gasteiger partial charge in [-0.15, -0.1) is 6.58 Å². The number of nitrogens with two attached hydrogens (primary N) is 1. The number of fused-ring (bicyclic) bond motifs is 1. The summed E-state index contributed by atoms with van der Waals surface area (Å²) in [5.74, 6) is 0.494. The van der Waals surface area contributed by atoms with E-state index in [0.29, 0.717) is 5.82 Å². The largest absolute Gasteiger partial charge is 0.383 e. The predicted molar refractivity (Wildman–Crippen MR) is 86.5 cm³/mol. The zero-order valence-electron chi connectivity index (χ0n) is 12.0. The smallest absolute Gasteiger partial charge is 0.146 e. The van der Waals surface area contributed by atoms with Crippen LogP contribution in [0.25, 0.3) is 11.0 Å². The highest BCUT2D eigenvalue weighted by Crippen LogP contribution is 2.25. The minimum atomic E-state index is 0.0162. The lowest BCUT2D eigenvalue weighted by molar-refractivity contribution is 0.369. The topological polar surface area (TPSA) is 68.8 Å². The predicted octanol–water partition coefficient (Wildman–Crippen LogP) is 2.72. The Hall–Kier alpha value is -1.40. The first-order valence-corrected chi connectivity index (χ1v) is 7.26. The Morgan fingerprint density at radius 3 is 2.80 bits per heavy atom. The lowest BCUT2D eigenvalue weighted by Crippen LogP contribution is -2.44. The van der Waals surface area contributed by atoms with Crippen LogP contribution in [-0.2, 0) is 6.54 Å². The van der Waals surface area contributed by atoms with E-state index < -0.39 is 0 Å². The first-order valence-electron chi connectivity index (χ1n) is 6.47. The Morgan fingerprint density at radius 1 is 1.50 bits per heavy atom. The number of aromatic nitrogens is 3. The Bertz CT molecular complexity index is 626. The quantitative estimate of drug-likeness (QED) is 0.841. The number of anilines is 1. The summed E-state index contributed by atoms with van der Waals surface area (Å²) >= 11 is 3.56. The van der Waals surface area contributed by atoms with Gasteiger partial charge in [-0.05, 0) is 42.8 Å². The van der Waals surface area contributed by atoms with Gasteiger partial charge in [-0.3, -0.25) is 0 Å². The van der Waals surface area contributed by atoms with Crippen molar-refractivity contribution < 1.29 is 0 Å². The third-order valence-corrected chi connectivity index (χ3v) is 3.61. The van der Waals surface area contributed by atoms with Crippen molar-refractivity contribution in [2.75, 3.05) is 5.73 Å². The van der Waals surface area contributed by atoms with Gasteiger partial charge in [0.2, 0.25) is 0 Å². The van der Waals surface area contributed by atoms with Gasteiger partial charge in [0.05, 0.1) is 9.99 Å². The molecular formula is C14H20BrN5. The highest BCUT2D eigenvalue weighted by atomic mass is 79.9. The van der Waals surface area contributed by atoms with Crippen LogP contribution in [0.2, 0.25) is 0 Å². The SMILES string of the molecule is C=C[C@H](Cn1c(Br)cc2c(N)ncnc21)NC(C)(C)C. The minimum Gasteiger partial charge on any atom is -0.383 e. The molecule has 0 saturated heterocycles. The molecule has 0 aliphatic carbocycles. The zero-order chi connectivity index (χ0) is 14.9. The maximum Gasteiger partial charge on any atom is 0.146 e. The lowest BCUT2D eigenvalue weighted by atomic mass is 10.1. The summed E-state index contributed by atoms with van der Waals surface area (Å²) in [6.45, 7) is 11.0. The standard InChI is InChI=1S/C14H20BrN5/c1-5-9(19-14(2,3)4)7-20-11(15)6-10-12(16)17-8-18-13(10)20/h5-6,8-9,19H,1,7H2,2-4H3,(H2,16,17,18)/t9-/m1/s1. The maximum absolute atomic E-state index is 5.88. The average Bonchev–Trinajstić information content (AvgIpc) is 2.66. The number of hydrogen-bond acceptors (Lipinski definition) is 4. The minimum absolute atomic E-state index is 0.0162. The molecule has 0 radical (unpaired) electrons. The molecule has 2 heterocycles. The van der Waals surface area contributed by atoms with Crippen LogP contribution in [0.5, 0.6) is 0 Å². The summed E-state index contributed by atoms with van der Waals surface area (Å²) in [5, 5.41) is 4.38.